The lowest BCUT2D eigenvalue weighted by Gasteiger charge is -1.97. The number of halogens is 1. The number of methoxy groups -OCH3 is 1. The van der Waals surface area contributed by atoms with Crippen LogP contribution in [-0.4, -0.2) is 21.7 Å². The first-order chi connectivity index (χ1) is 6.51. The van der Waals surface area contributed by atoms with Gasteiger partial charge in [-0.05, 0) is 29.8 Å². The van der Waals surface area contributed by atoms with Crippen LogP contribution in [0.1, 0.15) is 5.56 Å². The van der Waals surface area contributed by atoms with Crippen molar-refractivity contribution in [1.29, 1.82) is 0 Å². The zero-order valence-electron chi connectivity index (χ0n) is 7.34. The molecule has 0 aliphatic heterocycles. The molecule has 76 valence electrons. The summed E-state index contributed by atoms with van der Waals surface area (Å²) < 4.78 is 29.0. The lowest BCUT2D eigenvalue weighted by atomic mass is 10.2. The molecule has 1 rings (SSSR count). The Hall–Kier alpha value is -1.07. The SMILES string of the molecule is COc1ccc(C=NS(=O)(=O)Cl)cc1. The summed E-state index contributed by atoms with van der Waals surface area (Å²) in [5.74, 6) is 0.691. The highest BCUT2D eigenvalue weighted by molar-refractivity contribution is 8.12. The van der Waals surface area contributed by atoms with E-state index in [4.69, 9.17) is 15.4 Å². The van der Waals surface area contributed by atoms with Crippen LogP contribution >= 0.6 is 10.7 Å². The molecule has 1 aromatic carbocycles. The summed E-state index contributed by atoms with van der Waals surface area (Å²) in [5.41, 5.74) is 0.634. The lowest BCUT2D eigenvalue weighted by molar-refractivity contribution is 0.415. The van der Waals surface area contributed by atoms with Crippen molar-refractivity contribution < 1.29 is 13.2 Å². The van der Waals surface area contributed by atoms with E-state index in [2.05, 4.69) is 4.40 Å². The molecule has 0 N–H and O–H groups in total. The highest BCUT2D eigenvalue weighted by Gasteiger charge is 1.97. The molecule has 0 spiro atoms. The summed E-state index contributed by atoms with van der Waals surface area (Å²) in [6, 6.07) is 6.74. The molecule has 0 bridgehead atoms. The van der Waals surface area contributed by atoms with Crippen LogP contribution in [0.25, 0.3) is 0 Å². The maximum absolute atomic E-state index is 10.5. The predicted molar refractivity (Wildman–Crippen MR) is 55.4 cm³/mol. The van der Waals surface area contributed by atoms with Gasteiger partial charge in [-0.3, -0.25) is 0 Å². The Morgan fingerprint density at radius 1 is 1.36 bits per heavy atom. The third kappa shape index (κ3) is 3.76. The van der Waals surface area contributed by atoms with E-state index in [1.807, 2.05) is 0 Å². The average molecular weight is 234 g/mol. The molecule has 0 amide bonds. The van der Waals surface area contributed by atoms with E-state index in [0.717, 1.165) is 0 Å². The fourth-order valence-corrected chi connectivity index (χ4v) is 1.18. The smallest absolute Gasteiger partial charge is 0.339 e. The topological polar surface area (TPSA) is 55.7 Å². The highest BCUT2D eigenvalue weighted by atomic mass is 35.7. The fourth-order valence-electron chi connectivity index (χ4n) is 0.814. The van der Waals surface area contributed by atoms with Gasteiger partial charge in [0.05, 0.1) is 7.11 Å². The Morgan fingerprint density at radius 3 is 2.36 bits per heavy atom. The summed E-state index contributed by atoms with van der Waals surface area (Å²) in [6.45, 7) is 0. The molecule has 0 unspecified atom stereocenters. The second kappa shape index (κ2) is 4.43. The molecule has 0 heterocycles. The minimum Gasteiger partial charge on any atom is -0.497 e. The predicted octanol–water partition coefficient (Wildman–Crippen LogP) is 1.60. The van der Waals surface area contributed by atoms with Crippen LogP contribution in [0.4, 0.5) is 0 Å². The first-order valence-corrected chi connectivity index (χ1v) is 5.92. The zero-order chi connectivity index (χ0) is 10.6. The van der Waals surface area contributed by atoms with E-state index < -0.39 is 9.24 Å². The Balaban J connectivity index is 2.84. The van der Waals surface area contributed by atoms with Gasteiger partial charge in [0.25, 0.3) is 0 Å². The van der Waals surface area contributed by atoms with E-state index in [9.17, 15) is 8.42 Å². The van der Waals surface area contributed by atoms with Gasteiger partial charge >= 0.3 is 9.24 Å². The molecule has 0 saturated carbocycles. The van der Waals surface area contributed by atoms with Gasteiger partial charge in [-0.25, -0.2) is 0 Å². The Bertz CT molecular complexity index is 424. The highest BCUT2D eigenvalue weighted by Crippen LogP contribution is 2.10. The fraction of sp³-hybridized carbons (Fsp3) is 0.125. The number of hydrogen-bond acceptors (Lipinski definition) is 3. The van der Waals surface area contributed by atoms with Gasteiger partial charge in [0, 0.05) is 16.9 Å². The summed E-state index contributed by atoms with van der Waals surface area (Å²) in [7, 11) is 2.61. The molecule has 4 nitrogen and oxygen atoms in total. The minimum atomic E-state index is -3.83. The summed E-state index contributed by atoms with van der Waals surface area (Å²) >= 11 is 0. The molecule has 0 aromatic heterocycles. The van der Waals surface area contributed by atoms with Crippen molar-refractivity contribution in [2.75, 3.05) is 7.11 Å². The van der Waals surface area contributed by atoms with Crippen LogP contribution in [0.15, 0.2) is 28.7 Å². The van der Waals surface area contributed by atoms with Crippen LogP contribution in [0.5, 0.6) is 5.75 Å². The first-order valence-electron chi connectivity index (χ1n) is 3.65. The van der Waals surface area contributed by atoms with Crippen LogP contribution in [-0.2, 0) is 9.24 Å². The molecule has 0 aliphatic rings. The van der Waals surface area contributed by atoms with E-state index in [0.29, 0.717) is 11.3 Å². The van der Waals surface area contributed by atoms with Crippen molar-refractivity contribution in [3.8, 4) is 5.75 Å². The van der Waals surface area contributed by atoms with Gasteiger partial charge in [0.15, 0.2) is 0 Å². The number of ether oxygens (including phenoxy) is 1. The molecule has 0 fully saturated rings. The zero-order valence-corrected chi connectivity index (χ0v) is 8.92. The molecule has 6 heteroatoms. The molecule has 0 saturated heterocycles. The van der Waals surface area contributed by atoms with Crippen molar-refractivity contribution in [2.45, 2.75) is 0 Å². The second-order valence-corrected chi connectivity index (χ2v) is 4.62. The van der Waals surface area contributed by atoms with Crippen LogP contribution in [0.2, 0.25) is 0 Å². The minimum absolute atomic E-state index is 0.634. The lowest BCUT2D eigenvalue weighted by Crippen LogP contribution is -1.87. The average Bonchev–Trinajstić information content (AvgIpc) is 2.14. The molecular weight excluding hydrogens is 226 g/mol. The van der Waals surface area contributed by atoms with E-state index in [1.165, 1.54) is 6.21 Å². The maximum Gasteiger partial charge on any atom is 0.339 e. The number of benzene rings is 1. The van der Waals surface area contributed by atoms with Gasteiger partial charge in [0.1, 0.15) is 5.75 Å². The Labute approximate surface area is 86.7 Å². The number of hydrogen-bond donors (Lipinski definition) is 0. The van der Waals surface area contributed by atoms with Crippen molar-refractivity contribution >= 4 is 26.1 Å². The monoisotopic (exact) mass is 233 g/mol. The van der Waals surface area contributed by atoms with Gasteiger partial charge < -0.3 is 4.74 Å². The number of nitrogens with zero attached hydrogens (tertiary/aromatic N) is 1. The van der Waals surface area contributed by atoms with Crippen molar-refractivity contribution in [3.05, 3.63) is 29.8 Å². The quantitative estimate of drug-likeness (QED) is 0.589. The Morgan fingerprint density at radius 2 is 1.93 bits per heavy atom. The molecule has 0 radical (unpaired) electrons. The normalized spacial score (nSPS) is 11.9. The Kier molecular flexibility index (Phi) is 3.49. The third-order valence-corrected chi connectivity index (χ3v) is 2.04. The molecule has 0 atom stereocenters. The van der Waals surface area contributed by atoms with Crippen molar-refractivity contribution in [3.63, 3.8) is 0 Å². The van der Waals surface area contributed by atoms with Crippen molar-refractivity contribution in [2.24, 2.45) is 4.40 Å². The van der Waals surface area contributed by atoms with Gasteiger partial charge in [-0.15, -0.1) is 0 Å². The van der Waals surface area contributed by atoms with E-state index in [-0.39, 0.29) is 0 Å². The van der Waals surface area contributed by atoms with E-state index >= 15 is 0 Å². The van der Waals surface area contributed by atoms with Crippen LogP contribution < -0.4 is 4.74 Å². The largest absolute Gasteiger partial charge is 0.497 e. The van der Waals surface area contributed by atoms with Gasteiger partial charge in [-0.2, -0.15) is 12.8 Å². The molecule has 1 aromatic rings. The summed E-state index contributed by atoms with van der Waals surface area (Å²) in [6.07, 6.45) is 1.17. The summed E-state index contributed by atoms with van der Waals surface area (Å²) in [5, 5.41) is 0. The van der Waals surface area contributed by atoms with Crippen LogP contribution in [0.3, 0.4) is 0 Å². The third-order valence-electron chi connectivity index (χ3n) is 1.44. The molecular formula is C8H8ClNO3S. The summed E-state index contributed by atoms with van der Waals surface area (Å²) in [4.78, 5) is 0. The first kappa shape index (κ1) is 11.0. The maximum atomic E-state index is 10.5. The van der Waals surface area contributed by atoms with Gasteiger partial charge in [0.2, 0.25) is 0 Å². The molecule has 14 heavy (non-hydrogen) atoms. The van der Waals surface area contributed by atoms with Gasteiger partial charge in [-0.1, -0.05) is 0 Å². The standard InChI is InChI=1S/C8H8ClNO3S/c1-13-8-4-2-7(3-5-8)6-10-14(9,11)12/h2-6H,1H3. The second-order valence-electron chi connectivity index (χ2n) is 2.42. The molecule has 0 aliphatic carbocycles. The van der Waals surface area contributed by atoms with Crippen molar-refractivity contribution in [1.82, 2.24) is 0 Å². The van der Waals surface area contributed by atoms with Crippen LogP contribution in [0, 0.1) is 0 Å². The van der Waals surface area contributed by atoms with E-state index in [1.54, 1.807) is 31.4 Å². The number of rotatable bonds is 3.